The van der Waals surface area contributed by atoms with E-state index in [4.69, 9.17) is 18.9 Å². The molecule has 0 N–H and O–H groups in total. The van der Waals surface area contributed by atoms with Crippen molar-refractivity contribution in [2.75, 3.05) is 66.8 Å². The minimum absolute atomic E-state index is 0.147. The first-order valence-electron chi connectivity index (χ1n) is 14.4. The van der Waals surface area contributed by atoms with E-state index in [9.17, 15) is 4.79 Å². The van der Waals surface area contributed by atoms with Crippen molar-refractivity contribution in [1.29, 1.82) is 0 Å². The van der Waals surface area contributed by atoms with Gasteiger partial charge in [-0.05, 0) is 66.3 Å². The molecule has 2 saturated heterocycles. The van der Waals surface area contributed by atoms with E-state index in [0.717, 1.165) is 123 Å². The van der Waals surface area contributed by atoms with Gasteiger partial charge in [-0.1, -0.05) is 19.1 Å². The van der Waals surface area contributed by atoms with E-state index in [-0.39, 0.29) is 5.78 Å². The van der Waals surface area contributed by atoms with Crippen molar-refractivity contribution in [2.45, 2.75) is 32.9 Å². The van der Waals surface area contributed by atoms with E-state index in [1.165, 1.54) is 0 Å². The van der Waals surface area contributed by atoms with Gasteiger partial charge in [0.05, 0.1) is 40.6 Å². The maximum absolute atomic E-state index is 13.7. The van der Waals surface area contributed by atoms with Crippen molar-refractivity contribution in [3.63, 3.8) is 0 Å². The molecule has 2 aromatic rings. The predicted octanol–water partition coefficient (Wildman–Crippen LogP) is 4.83. The normalized spacial score (nSPS) is 23.1. The highest BCUT2D eigenvalue weighted by molar-refractivity contribution is 6.14. The molecule has 0 bridgehead atoms. The van der Waals surface area contributed by atoms with Gasteiger partial charge in [0, 0.05) is 61.5 Å². The van der Waals surface area contributed by atoms with Gasteiger partial charge in [-0.2, -0.15) is 0 Å². The minimum atomic E-state index is 0.147. The van der Waals surface area contributed by atoms with Gasteiger partial charge in [-0.15, -0.1) is 0 Å². The second-order valence-corrected chi connectivity index (χ2v) is 11.1. The molecule has 0 radical (unpaired) electrons. The summed E-state index contributed by atoms with van der Waals surface area (Å²) >= 11 is 0. The van der Waals surface area contributed by atoms with E-state index in [0.29, 0.717) is 5.92 Å². The highest BCUT2D eigenvalue weighted by Crippen LogP contribution is 2.34. The molecular weight excluding hydrogens is 504 g/mol. The molecule has 2 aromatic carbocycles. The third-order valence-electron chi connectivity index (χ3n) is 8.01. The molecule has 3 fully saturated rings. The number of methoxy groups -OCH3 is 2. The number of carbonyl (C=O) groups excluding carboxylic acids is 1. The maximum Gasteiger partial charge on any atom is 0.185 e. The molecule has 40 heavy (non-hydrogen) atoms. The van der Waals surface area contributed by atoms with Crippen molar-refractivity contribution >= 4 is 17.9 Å². The van der Waals surface area contributed by atoms with Crippen molar-refractivity contribution in [1.82, 2.24) is 9.80 Å². The molecule has 7 nitrogen and oxygen atoms in total. The number of morpholine rings is 2. The smallest absolute Gasteiger partial charge is 0.185 e. The Labute approximate surface area is 238 Å². The second-order valence-electron chi connectivity index (χ2n) is 11.1. The molecule has 1 aliphatic carbocycles. The molecule has 0 atom stereocenters. The molecule has 214 valence electrons. The summed E-state index contributed by atoms with van der Waals surface area (Å²) in [7, 11) is 3.43. The molecule has 0 aromatic heterocycles. The molecule has 2 heterocycles. The minimum Gasteiger partial charge on any atom is -0.496 e. The second kappa shape index (κ2) is 13.6. The van der Waals surface area contributed by atoms with Crippen molar-refractivity contribution < 1.29 is 23.7 Å². The standard InChI is InChI=1S/C33H42N2O5/c1-24-16-27(18-25-4-6-31(37-2)29(20-25)22-34-8-12-39-13-9-34)33(36)28(17-24)19-26-5-7-32(38-3)30(21-26)23-35-10-14-40-15-11-35/h4-7,18-21,24H,8-17,22-23H2,1-3H3/b27-18+,28-19+. The van der Waals surface area contributed by atoms with E-state index < -0.39 is 0 Å². The number of rotatable bonds is 8. The van der Waals surface area contributed by atoms with Gasteiger partial charge in [0.2, 0.25) is 0 Å². The number of allylic oxidation sites excluding steroid dienone is 2. The van der Waals surface area contributed by atoms with Crippen LogP contribution in [0.25, 0.3) is 12.2 Å². The quantitative estimate of drug-likeness (QED) is 0.440. The Balaban J connectivity index is 1.37. The zero-order valence-electron chi connectivity index (χ0n) is 24.1. The van der Waals surface area contributed by atoms with Crippen LogP contribution in [-0.2, 0) is 27.4 Å². The summed E-state index contributed by atoms with van der Waals surface area (Å²) in [5, 5.41) is 0. The van der Waals surface area contributed by atoms with E-state index in [1.807, 2.05) is 24.3 Å². The Morgan fingerprint density at radius 1 is 0.750 bits per heavy atom. The Morgan fingerprint density at radius 2 is 1.18 bits per heavy atom. The van der Waals surface area contributed by atoms with Crippen LogP contribution in [0, 0.1) is 5.92 Å². The number of hydrogen-bond acceptors (Lipinski definition) is 7. The van der Waals surface area contributed by atoms with Gasteiger partial charge in [-0.25, -0.2) is 0 Å². The summed E-state index contributed by atoms with van der Waals surface area (Å²) in [6, 6.07) is 12.5. The summed E-state index contributed by atoms with van der Waals surface area (Å²) in [5.41, 5.74) is 6.09. The van der Waals surface area contributed by atoms with Crippen LogP contribution in [0.2, 0.25) is 0 Å². The van der Waals surface area contributed by atoms with Crippen molar-refractivity contribution in [2.24, 2.45) is 5.92 Å². The number of Topliss-reactive ketones (excluding diaryl/α,β-unsaturated/α-hetero) is 1. The number of carbonyl (C=O) groups is 1. The maximum atomic E-state index is 13.7. The largest absolute Gasteiger partial charge is 0.496 e. The molecular formula is C33H42N2O5. The fraction of sp³-hybridized carbons (Fsp3) is 0.485. The Bertz CT molecular complexity index is 1150. The zero-order chi connectivity index (χ0) is 27.9. The van der Waals surface area contributed by atoms with Crippen LogP contribution in [0.15, 0.2) is 47.5 Å². The molecule has 5 rings (SSSR count). The lowest BCUT2D eigenvalue weighted by Crippen LogP contribution is -2.35. The molecule has 1 saturated carbocycles. The van der Waals surface area contributed by atoms with Crippen LogP contribution in [-0.4, -0.2) is 82.4 Å². The van der Waals surface area contributed by atoms with Gasteiger partial charge < -0.3 is 18.9 Å². The molecule has 7 heteroatoms. The van der Waals surface area contributed by atoms with Crippen LogP contribution >= 0.6 is 0 Å². The van der Waals surface area contributed by atoms with Gasteiger partial charge >= 0.3 is 0 Å². The van der Waals surface area contributed by atoms with Crippen LogP contribution in [0.4, 0.5) is 0 Å². The third kappa shape index (κ3) is 7.21. The van der Waals surface area contributed by atoms with Crippen LogP contribution in [0.1, 0.15) is 42.0 Å². The van der Waals surface area contributed by atoms with Gasteiger partial charge in [0.15, 0.2) is 5.78 Å². The fourth-order valence-electron chi connectivity index (χ4n) is 5.89. The van der Waals surface area contributed by atoms with E-state index >= 15 is 0 Å². The van der Waals surface area contributed by atoms with Crippen molar-refractivity contribution in [3.05, 3.63) is 69.8 Å². The first-order valence-corrected chi connectivity index (χ1v) is 14.4. The summed E-state index contributed by atoms with van der Waals surface area (Å²) in [6.07, 6.45) is 5.72. The zero-order valence-corrected chi connectivity index (χ0v) is 24.1. The number of benzene rings is 2. The molecule has 0 amide bonds. The van der Waals surface area contributed by atoms with Gasteiger partial charge in [0.1, 0.15) is 11.5 Å². The van der Waals surface area contributed by atoms with E-state index in [1.54, 1.807) is 14.2 Å². The van der Waals surface area contributed by atoms with E-state index in [2.05, 4.69) is 41.0 Å². The summed E-state index contributed by atoms with van der Waals surface area (Å²) < 4.78 is 22.3. The average Bonchev–Trinajstić information content (AvgIpc) is 2.97. The van der Waals surface area contributed by atoms with Gasteiger partial charge in [0.25, 0.3) is 0 Å². The molecule has 0 spiro atoms. The highest BCUT2D eigenvalue weighted by atomic mass is 16.5. The average molecular weight is 547 g/mol. The fourth-order valence-corrected chi connectivity index (χ4v) is 5.89. The van der Waals surface area contributed by atoms with Crippen LogP contribution in [0.5, 0.6) is 11.5 Å². The molecule has 3 aliphatic rings. The van der Waals surface area contributed by atoms with Crippen molar-refractivity contribution in [3.8, 4) is 11.5 Å². The number of ketones is 1. The highest BCUT2D eigenvalue weighted by Gasteiger charge is 2.26. The molecule has 2 aliphatic heterocycles. The van der Waals surface area contributed by atoms with Gasteiger partial charge in [-0.3, -0.25) is 14.6 Å². The molecule has 0 unspecified atom stereocenters. The number of ether oxygens (including phenoxy) is 4. The number of hydrogen-bond donors (Lipinski definition) is 0. The monoisotopic (exact) mass is 546 g/mol. The lowest BCUT2D eigenvalue weighted by Gasteiger charge is -2.27. The Morgan fingerprint density at radius 3 is 1.57 bits per heavy atom. The summed E-state index contributed by atoms with van der Waals surface area (Å²) in [6.45, 7) is 10.5. The number of nitrogens with zero attached hydrogens (tertiary/aromatic N) is 2. The summed E-state index contributed by atoms with van der Waals surface area (Å²) in [4.78, 5) is 18.5. The lowest BCUT2D eigenvalue weighted by molar-refractivity contribution is -0.113. The first-order chi connectivity index (χ1) is 19.5. The third-order valence-corrected chi connectivity index (χ3v) is 8.01. The van der Waals surface area contributed by atoms with Crippen LogP contribution < -0.4 is 9.47 Å². The van der Waals surface area contributed by atoms with Crippen LogP contribution in [0.3, 0.4) is 0 Å². The topological polar surface area (TPSA) is 60.5 Å². The Kier molecular flexibility index (Phi) is 9.70. The predicted molar refractivity (Wildman–Crippen MR) is 158 cm³/mol. The Hall–Kier alpha value is -2.97. The summed E-state index contributed by atoms with van der Waals surface area (Å²) in [5.74, 6) is 2.30. The SMILES string of the molecule is COc1ccc(/C=C2\CC(C)C/C(=C\c3ccc(OC)c(CN4CCOCC4)c3)C2=O)cc1CN1CCOCC1. The lowest BCUT2D eigenvalue weighted by atomic mass is 9.80. The first kappa shape index (κ1) is 28.6.